The average Bonchev–Trinajstić information content (AvgIpc) is 3.29. The number of carbonyl (C=O) groups is 3. The zero-order valence-corrected chi connectivity index (χ0v) is 43.1. The SMILES string of the molecule is CCCCCCCCC/C=C\CCCCCCCCCC(=O)OCC(COC(=O)CCCCCCCCCCCC)OC(=O)CCCCCCCCC/C=C\CCCCCCCCC. The van der Waals surface area contributed by atoms with Gasteiger partial charge in [-0.3, -0.25) is 14.4 Å². The Morgan fingerprint density at radius 3 is 0.781 bits per heavy atom. The van der Waals surface area contributed by atoms with Crippen LogP contribution in [0.4, 0.5) is 0 Å². The van der Waals surface area contributed by atoms with E-state index in [1.165, 1.54) is 212 Å². The third kappa shape index (κ3) is 50.9. The smallest absolute Gasteiger partial charge is 0.306 e. The normalized spacial score (nSPS) is 12.1. The van der Waals surface area contributed by atoms with Crippen molar-refractivity contribution in [3.8, 4) is 0 Å². The zero-order chi connectivity index (χ0) is 46.5. The molecule has 0 aliphatic carbocycles. The predicted octanol–water partition coefficient (Wildman–Crippen LogP) is 18.7. The molecule has 0 aliphatic heterocycles. The van der Waals surface area contributed by atoms with E-state index in [1.807, 2.05) is 0 Å². The van der Waals surface area contributed by atoms with Crippen LogP contribution < -0.4 is 0 Å². The molecule has 0 aromatic heterocycles. The fourth-order valence-corrected chi connectivity index (χ4v) is 8.37. The van der Waals surface area contributed by atoms with Crippen molar-refractivity contribution in [2.24, 2.45) is 0 Å². The highest BCUT2D eigenvalue weighted by Crippen LogP contribution is 2.16. The Balaban J connectivity index is 4.29. The maximum atomic E-state index is 12.8. The van der Waals surface area contributed by atoms with Crippen LogP contribution in [-0.4, -0.2) is 37.2 Å². The van der Waals surface area contributed by atoms with Crippen LogP contribution in [0.25, 0.3) is 0 Å². The van der Waals surface area contributed by atoms with Crippen molar-refractivity contribution in [3.63, 3.8) is 0 Å². The third-order valence-corrected chi connectivity index (χ3v) is 12.7. The lowest BCUT2D eigenvalue weighted by atomic mass is 10.1. The molecule has 1 unspecified atom stereocenters. The minimum absolute atomic E-state index is 0.0705. The van der Waals surface area contributed by atoms with Crippen molar-refractivity contribution in [2.45, 2.75) is 316 Å². The van der Waals surface area contributed by atoms with Crippen LogP contribution in [0.3, 0.4) is 0 Å². The molecule has 0 aromatic carbocycles. The lowest BCUT2D eigenvalue weighted by molar-refractivity contribution is -0.167. The molecule has 6 heteroatoms. The summed E-state index contributed by atoms with van der Waals surface area (Å²) < 4.78 is 16.8. The van der Waals surface area contributed by atoms with Gasteiger partial charge in [-0.25, -0.2) is 0 Å². The Labute approximate surface area is 398 Å². The summed E-state index contributed by atoms with van der Waals surface area (Å²) in [6.45, 7) is 6.65. The maximum absolute atomic E-state index is 12.8. The van der Waals surface area contributed by atoms with Gasteiger partial charge in [-0.05, 0) is 70.6 Å². The van der Waals surface area contributed by atoms with Gasteiger partial charge in [0.05, 0.1) is 0 Å². The lowest BCUT2D eigenvalue weighted by Gasteiger charge is -2.18. The van der Waals surface area contributed by atoms with Gasteiger partial charge >= 0.3 is 17.9 Å². The molecule has 0 heterocycles. The van der Waals surface area contributed by atoms with Gasteiger partial charge in [0.25, 0.3) is 0 Å². The first-order valence-electron chi connectivity index (χ1n) is 28.3. The van der Waals surface area contributed by atoms with Gasteiger partial charge in [0, 0.05) is 19.3 Å². The Morgan fingerprint density at radius 1 is 0.297 bits per heavy atom. The molecule has 0 saturated carbocycles. The van der Waals surface area contributed by atoms with Gasteiger partial charge < -0.3 is 14.2 Å². The molecule has 376 valence electrons. The summed E-state index contributed by atoms with van der Waals surface area (Å²) in [4.78, 5) is 38.0. The minimum Gasteiger partial charge on any atom is -0.462 e. The van der Waals surface area contributed by atoms with Crippen LogP contribution in [0.15, 0.2) is 24.3 Å². The van der Waals surface area contributed by atoms with E-state index in [0.717, 1.165) is 57.8 Å². The van der Waals surface area contributed by atoms with Gasteiger partial charge in [0.1, 0.15) is 13.2 Å². The Hall–Kier alpha value is -2.11. The van der Waals surface area contributed by atoms with Crippen LogP contribution in [0.1, 0.15) is 310 Å². The van der Waals surface area contributed by atoms with Gasteiger partial charge in [-0.1, -0.05) is 244 Å². The fourth-order valence-electron chi connectivity index (χ4n) is 8.37. The second-order valence-electron chi connectivity index (χ2n) is 19.2. The highest BCUT2D eigenvalue weighted by atomic mass is 16.6. The Morgan fingerprint density at radius 2 is 0.516 bits per heavy atom. The summed E-state index contributed by atoms with van der Waals surface area (Å²) in [5, 5.41) is 0. The summed E-state index contributed by atoms with van der Waals surface area (Å²) in [5.74, 6) is -0.864. The fraction of sp³-hybridized carbons (Fsp3) is 0.879. The quantitative estimate of drug-likeness (QED) is 0.0262. The first kappa shape index (κ1) is 61.9. The van der Waals surface area contributed by atoms with Crippen LogP contribution in [0.2, 0.25) is 0 Å². The predicted molar refractivity (Wildman–Crippen MR) is 275 cm³/mol. The maximum Gasteiger partial charge on any atom is 0.306 e. The largest absolute Gasteiger partial charge is 0.462 e. The molecule has 0 radical (unpaired) electrons. The van der Waals surface area contributed by atoms with Crippen molar-refractivity contribution < 1.29 is 28.6 Å². The zero-order valence-electron chi connectivity index (χ0n) is 43.1. The molecule has 0 rings (SSSR count). The number of hydrogen-bond acceptors (Lipinski definition) is 6. The highest BCUT2D eigenvalue weighted by Gasteiger charge is 2.19. The molecule has 0 spiro atoms. The first-order valence-corrected chi connectivity index (χ1v) is 28.3. The van der Waals surface area contributed by atoms with Gasteiger partial charge in [-0.2, -0.15) is 0 Å². The van der Waals surface area contributed by atoms with Crippen molar-refractivity contribution in [3.05, 3.63) is 24.3 Å². The van der Waals surface area contributed by atoms with E-state index in [0.29, 0.717) is 19.3 Å². The molecular weight excluding hydrogens is 793 g/mol. The van der Waals surface area contributed by atoms with E-state index < -0.39 is 6.10 Å². The highest BCUT2D eigenvalue weighted by molar-refractivity contribution is 5.71. The molecule has 0 amide bonds. The third-order valence-electron chi connectivity index (χ3n) is 12.7. The lowest BCUT2D eigenvalue weighted by Crippen LogP contribution is -2.30. The van der Waals surface area contributed by atoms with Gasteiger partial charge in [-0.15, -0.1) is 0 Å². The molecule has 0 aliphatic rings. The van der Waals surface area contributed by atoms with Crippen molar-refractivity contribution >= 4 is 17.9 Å². The molecule has 0 bridgehead atoms. The number of rotatable bonds is 52. The van der Waals surface area contributed by atoms with Gasteiger partial charge in [0.2, 0.25) is 0 Å². The van der Waals surface area contributed by atoms with Crippen molar-refractivity contribution in [1.82, 2.24) is 0 Å². The number of carbonyl (C=O) groups excluding carboxylic acids is 3. The van der Waals surface area contributed by atoms with Crippen LogP contribution in [0.5, 0.6) is 0 Å². The standard InChI is InChI=1S/C58H108O6/c1-4-7-10-13-16-19-22-24-26-28-30-32-34-36-39-42-45-48-51-57(60)63-54-55(53-62-56(59)50-47-44-41-38-21-18-15-12-9-6-3)64-58(61)52-49-46-43-40-37-35-33-31-29-27-25-23-20-17-14-11-8-5-2/h26-29,55H,4-25,30-54H2,1-3H3/b28-26-,29-27-. The topological polar surface area (TPSA) is 78.9 Å². The Kier molecular flexibility index (Phi) is 51.7. The molecule has 64 heavy (non-hydrogen) atoms. The van der Waals surface area contributed by atoms with Crippen LogP contribution in [0, 0.1) is 0 Å². The van der Waals surface area contributed by atoms with E-state index in [4.69, 9.17) is 14.2 Å². The second-order valence-corrected chi connectivity index (χ2v) is 19.2. The summed E-state index contributed by atoms with van der Waals surface area (Å²) in [6, 6.07) is 0. The van der Waals surface area contributed by atoms with Crippen molar-refractivity contribution in [1.29, 1.82) is 0 Å². The average molecular weight is 901 g/mol. The first-order chi connectivity index (χ1) is 31.5. The minimum atomic E-state index is -0.770. The number of allylic oxidation sites excluding steroid dienone is 4. The summed E-state index contributed by atoms with van der Waals surface area (Å²) in [6.07, 6.45) is 61.7. The molecule has 0 fully saturated rings. The Bertz CT molecular complexity index is 1040. The molecule has 0 aromatic rings. The molecular formula is C58H108O6. The van der Waals surface area contributed by atoms with Crippen LogP contribution >= 0.6 is 0 Å². The number of ether oxygens (including phenoxy) is 3. The van der Waals surface area contributed by atoms with E-state index >= 15 is 0 Å². The second kappa shape index (κ2) is 53.5. The van der Waals surface area contributed by atoms with E-state index in [2.05, 4.69) is 45.1 Å². The molecule has 0 saturated heterocycles. The van der Waals surface area contributed by atoms with E-state index in [1.54, 1.807) is 0 Å². The van der Waals surface area contributed by atoms with E-state index in [-0.39, 0.29) is 31.1 Å². The summed E-state index contributed by atoms with van der Waals surface area (Å²) >= 11 is 0. The van der Waals surface area contributed by atoms with Gasteiger partial charge in [0.15, 0.2) is 6.10 Å². The van der Waals surface area contributed by atoms with E-state index in [9.17, 15) is 14.4 Å². The summed E-state index contributed by atoms with van der Waals surface area (Å²) in [7, 11) is 0. The number of unbranched alkanes of at least 4 members (excludes halogenated alkanes) is 37. The van der Waals surface area contributed by atoms with Crippen molar-refractivity contribution in [2.75, 3.05) is 13.2 Å². The number of hydrogen-bond donors (Lipinski definition) is 0. The molecule has 1 atom stereocenters. The van der Waals surface area contributed by atoms with Crippen LogP contribution in [-0.2, 0) is 28.6 Å². The number of esters is 3. The molecule has 0 N–H and O–H groups in total. The molecule has 6 nitrogen and oxygen atoms in total. The summed E-state index contributed by atoms with van der Waals surface area (Å²) in [5.41, 5.74) is 0. The monoisotopic (exact) mass is 901 g/mol.